The van der Waals surface area contributed by atoms with Crippen LogP contribution in [0.3, 0.4) is 0 Å². The highest BCUT2D eigenvalue weighted by Crippen LogP contribution is 2.25. The van der Waals surface area contributed by atoms with Gasteiger partial charge >= 0.3 is 6.36 Å². The number of benzene rings is 1. The zero-order valence-electron chi connectivity index (χ0n) is 11.5. The molecule has 4 nitrogen and oxygen atoms in total. The summed E-state index contributed by atoms with van der Waals surface area (Å²) < 4.78 is 40.0. The molecule has 0 saturated carbocycles. The lowest BCUT2D eigenvalue weighted by Crippen LogP contribution is -2.40. The molecule has 7 heteroatoms. The van der Waals surface area contributed by atoms with Gasteiger partial charge < -0.3 is 20.5 Å². The van der Waals surface area contributed by atoms with Crippen LogP contribution in [0.4, 0.5) is 13.2 Å². The number of aliphatic hydroxyl groups is 1. The number of alkyl halides is 3. The average Bonchev–Trinajstić information content (AvgIpc) is 2.90. The van der Waals surface area contributed by atoms with Gasteiger partial charge in [-0.2, -0.15) is 0 Å². The topological polar surface area (TPSA) is 58.7 Å². The first-order chi connectivity index (χ1) is 9.85. The Balaban J connectivity index is 1.93. The number of aliphatic hydroxyl groups excluding tert-OH is 1. The van der Waals surface area contributed by atoms with E-state index in [0.717, 1.165) is 25.9 Å². The van der Waals surface area contributed by atoms with Crippen molar-refractivity contribution >= 4 is 0 Å². The van der Waals surface area contributed by atoms with Crippen molar-refractivity contribution < 1.29 is 23.0 Å². The number of nitrogens with zero attached hydrogens (tertiary/aromatic N) is 1. The molecule has 1 fully saturated rings. The Labute approximate surface area is 121 Å². The second-order valence-corrected chi connectivity index (χ2v) is 5.23. The Morgan fingerprint density at radius 2 is 1.76 bits per heavy atom. The predicted octanol–water partition coefficient (Wildman–Crippen LogP) is 2.04. The minimum Gasteiger partial charge on any atom is -0.406 e. The van der Waals surface area contributed by atoms with E-state index in [2.05, 4.69) is 9.64 Å². The standard InChI is InChI=1S/C14H19F3N2O2/c15-14(16,17)21-11-5-3-10(4-6-11)13(20)12(18)9-19-7-1-2-8-19/h3-6,12-13,20H,1-2,7-9,18H2/t12-,13+/m1/s1. The molecule has 1 aromatic carbocycles. The number of nitrogens with two attached hydrogens (primary N) is 1. The van der Waals surface area contributed by atoms with Gasteiger partial charge in [-0.25, -0.2) is 0 Å². The number of halogens is 3. The maximum atomic E-state index is 12.1. The van der Waals surface area contributed by atoms with Crippen LogP contribution in [0.5, 0.6) is 5.75 Å². The SMILES string of the molecule is N[C@H](CN1CCCC1)[C@@H](O)c1ccc(OC(F)(F)F)cc1. The van der Waals surface area contributed by atoms with Crippen LogP contribution in [0.2, 0.25) is 0 Å². The summed E-state index contributed by atoms with van der Waals surface area (Å²) in [5.74, 6) is -0.313. The van der Waals surface area contributed by atoms with Gasteiger partial charge in [0.2, 0.25) is 0 Å². The quantitative estimate of drug-likeness (QED) is 0.874. The predicted molar refractivity (Wildman–Crippen MR) is 71.7 cm³/mol. The summed E-state index contributed by atoms with van der Waals surface area (Å²) in [6.45, 7) is 2.51. The van der Waals surface area contributed by atoms with Gasteiger partial charge in [0.05, 0.1) is 6.10 Å². The zero-order chi connectivity index (χ0) is 15.5. The van der Waals surface area contributed by atoms with Gasteiger partial charge in [-0.3, -0.25) is 0 Å². The van der Waals surface area contributed by atoms with Crippen molar-refractivity contribution in [3.05, 3.63) is 29.8 Å². The summed E-state index contributed by atoms with van der Waals surface area (Å²) >= 11 is 0. The van der Waals surface area contributed by atoms with Crippen LogP contribution in [0.25, 0.3) is 0 Å². The Kier molecular flexibility index (Phi) is 5.08. The Hall–Kier alpha value is -1.31. The van der Waals surface area contributed by atoms with Crippen LogP contribution >= 0.6 is 0 Å². The Morgan fingerprint density at radius 3 is 2.29 bits per heavy atom. The lowest BCUT2D eigenvalue weighted by Gasteiger charge is -2.24. The molecule has 1 saturated heterocycles. The van der Waals surface area contributed by atoms with Gasteiger partial charge in [0.15, 0.2) is 0 Å². The van der Waals surface area contributed by atoms with Crippen molar-refractivity contribution in [1.29, 1.82) is 0 Å². The van der Waals surface area contributed by atoms with Crippen LogP contribution in [-0.4, -0.2) is 42.0 Å². The number of hydrogen-bond acceptors (Lipinski definition) is 4. The third kappa shape index (κ3) is 4.87. The molecule has 2 atom stereocenters. The third-order valence-electron chi connectivity index (χ3n) is 3.53. The molecular formula is C14H19F3N2O2. The van der Waals surface area contributed by atoms with Crippen LogP contribution < -0.4 is 10.5 Å². The lowest BCUT2D eigenvalue weighted by atomic mass is 10.0. The second-order valence-electron chi connectivity index (χ2n) is 5.23. The lowest BCUT2D eigenvalue weighted by molar-refractivity contribution is -0.274. The summed E-state index contributed by atoms with van der Waals surface area (Å²) in [6.07, 6.45) is -3.37. The van der Waals surface area contributed by atoms with Crippen molar-refractivity contribution in [2.75, 3.05) is 19.6 Å². The van der Waals surface area contributed by atoms with Crippen molar-refractivity contribution in [2.24, 2.45) is 5.73 Å². The fraction of sp³-hybridized carbons (Fsp3) is 0.571. The largest absolute Gasteiger partial charge is 0.573 e. The van der Waals surface area contributed by atoms with E-state index in [4.69, 9.17) is 5.73 Å². The highest BCUT2D eigenvalue weighted by atomic mass is 19.4. The maximum Gasteiger partial charge on any atom is 0.573 e. The fourth-order valence-corrected chi connectivity index (χ4v) is 2.48. The monoisotopic (exact) mass is 304 g/mol. The average molecular weight is 304 g/mol. The summed E-state index contributed by atoms with van der Waals surface area (Å²) in [5, 5.41) is 10.2. The van der Waals surface area contributed by atoms with E-state index in [1.54, 1.807) is 0 Å². The van der Waals surface area contributed by atoms with E-state index in [1.165, 1.54) is 24.3 Å². The van der Waals surface area contributed by atoms with Crippen LogP contribution in [0.15, 0.2) is 24.3 Å². The summed E-state index contributed by atoms with van der Waals surface area (Å²) in [5.41, 5.74) is 6.45. The molecule has 0 aliphatic carbocycles. The molecular weight excluding hydrogens is 285 g/mol. The highest BCUT2D eigenvalue weighted by Gasteiger charge is 2.31. The molecule has 1 heterocycles. The van der Waals surface area contributed by atoms with Crippen LogP contribution in [0, 0.1) is 0 Å². The first kappa shape index (κ1) is 16.1. The van der Waals surface area contributed by atoms with Crippen molar-refractivity contribution in [1.82, 2.24) is 4.90 Å². The number of likely N-dealkylation sites (tertiary alicyclic amines) is 1. The van der Waals surface area contributed by atoms with Gasteiger partial charge in [-0.05, 0) is 43.6 Å². The number of hydrogen-bond donors (Lipinski definition) is 2. The molecule has 2 rings (SSSR count). The molecule has 0 spiro atoms. The smallest absolute Gasteiger partial charge is 0.406 e. The van der Waals surface area contributed by atoms with E-state index < -0.39 is 18.5 Å². The molecule has 0 unspecified atom stereocenters. The van der Waals surface area contributed by atoms with E-state index in [1.807, 2.05) is 0 Å². The van der Waals surface area contributed by atoms with Crippen LogP contribution in [0.1, 0.15) is 24.5 Å². The molecule has 21 heavy (non-hydrogen) atoms. The molecule has 3 N–H and O–H groups in total. The minimum absolute atomic E-state index is 0.313. The van der Waals surface area contributed by atoms with E-state index in [9.17, 15) is 18.3 Å². The molecule has 1 aliphatic heterocycles. The van der Waals surface area contributed by atoms with E-state index in [0.29, 0.717) is 12.1 Å². The van der Waals surface area contributed by atoms with E-state index >= 15 is 0 Å². The summed E-state index contributed by atoms with van der Waals surface area (Å²) in [4.78, 5) is 2.18. The summed E-state index contributed by atoms with van der Waals surface area (Å²) in [7, 11) is 0. The first-order valence-electron chi connectivity index (χ1n) is 6.87. The molecule has 0 radical (unpaired) electrons. The van der Waals surface area contributed by atoms with Gasteiger partial charge in [-0.15, -0.1) is 13.2 Å². The molecule has 0 aromatic heterocycles. The molecule has 1 aromatic rings. The zero-order valence-corrected chi connectivity index (χ0v) is 11.5. The first-order valence-corrected chi connectivity index (χ1v) is 6.87. The van der Waals surface area contributed by atoms with Gasteiger partial charge in [0, 0.05) is 12.6 Å². The van der Waals surface area contributed by atoms with Gasteiger partial charge in [-0.1, -0.05) is 12.1 Å². The fourth-order valence-electron chi connectivity index (χ4n) is 2.48. The Bertz CT molecular complexity index is 445. The number of rotatable bonds is 5. The Morgan fingerprint density at radius 1 is 1.19 bits per heavy atom. The maximum absolute atomic E-state index is 12.1. The van der Waals surface area contributed by atoms with Crippen molar-refractivity contribution in [3.63, 3.8) is 0 Å². The van der Waals surface area contributed by atoms with Crippen molar-refractivity contribution in [2.45, 2.75) is 31.3 Å². The van der Waals surface area contributed by atoms with E-state index in [-0.39, 0.29) is 5.75 Å². The highest BCUT2D eigenvalue weighted by molar-refractivity contribution is 5.29. The van der Waals surface area contributed by atoms with Gasteiger partial charge in [0.1, 0.15) is 5.75 Å². The normalized spacial score (nSPS) is 19.5. The third-order valence-corrected chi connectivity index (χ3v) is 3.53. The van der Waals surface area contributed by atoms with Crippen molar-refractivity contribution in [3.8, 4) is 5.75 Å². The minimum atomic E-state index is -4.72. The molecule has 1 aliphatic rings. The molecule has 0 bridgehead atoms. The molecule has 0 amide bonds. The number of ether oxygens (including phenoxy) is 1. The second kappa shape index (κ2) is 6.64. The van der Waals surface area contributed by atoms with Gasteiger partial charge in [0.25, 0.3) is 0 Å². The molecule has 118 valence electrons. The summed E-state index contributed by atoms with van der Waals surface area (Å²) in [6, 6.07) is 4.67. The van der Waals surface area contributed by atoms with Crippen LogP contribution in [-0.2, 0) is 0 Å².